The molecule has 3 aromatic rings. The number of hydrogen-bond donors (Lipinski definition) is 0. The zero-order chi connectivity index (χ0) is 17.6. The highest BCUT2D eigenvalue weighted by atomic mass is 15.1. The van der Waals surface area contributed by atoms with Crippen LogP contribution >= 0.6 is 0 Å². The average molecular weight is 338 g/mol. The molecule has 0 saturated carbocycles. The molecule has 4 rings (SSSR count). The summed E-state index contributed by atoms with van der Waals surface area (Å²) in [6.45, 7) is 3.13. The van der Waals surface area contributed by atoms with Gasteiger partial charge in [-0.2, -0.15) is 0 Å². The second kappa shape index (κ2) is 8.16. The van der Waals surface area contributed by atoms with Crippen LogP contribution in [-0.4, -0.2) is 18.0 Å². The molecule has 1 heterocycles. The molecule has 26 heavy (non-hydrogen) atoms. The molecule has 0 saturated heterocycles. The van der Waals surface area contributed by atoms with Gasteiger partial charge in [-0.05, 0) is 23.1 Å². The van der Waals surface area contributed by atoms with Crippen molar-refractivity contribution in [2.45, 2.75) is 13.0 Å². The van der Waals surface area contributed by atoms with Crippen molar-refractivity contribution in [2.75, 3.05) is 13.1 Å². The van der Waals surface area contributed by atoms with Crippen LogP contribution in [0.3, 0.4) is 0 Å². The zero-order valence-electron chi connectivity index (χ0n) is 15.0. The molecule has 0 aromatic heterocycles. The quantitative estimate of drug-likeness (QED) is 0.594. The van der Waals surface area contributed by atoms with Crippen molar-refractivity contribution in [1.82, 2.24) is 4.90 Å². The smallest absolute Gasteiger partial charge is 0.0586 e. The van der Waals surface area contributed by atoms with Gasteiger partial charge in [0.15, 0.2) is 0 Å². The molecule has 0 aliphatic carbocycles. The predicted molar refractivity (Wildman–Crippen MR) is 109 cm³/mol. The number of nitrogens with zero attached hydrogens (tertiary/aromatic N) is 1. The molecule has 0 amide bonds. The molecule has 1 aliphatic rings. The normalized spacial score (nSPS) is 15.0. The summed E-state index contributed by atoms with van der Waals surface area (Å²) in [5.41, 5.74) is 5.47. The minimum Gasteiger partial charge on any atom is -0.295 e. The second-order valence-electron chi connectivity index (χ2n) is 6.81. The summed E-state index contributed by atoms with van der Waals surface area (Å²) in [6.07, 6.45) is 3.51. The first-order chi connectivity index (χ1) is 12.9. The molecule has 3 aromatic carbocycles. The standard InChI is InChI=1S/C25H24N/c1-4-10-21(11-5-1)20-26-18-16-24(17-19-26)25(22-12-6-2-7-13-22)23-14-8-3-9-15-23/h1-16H,17-20H2. The van der Waals surface area contributed by atoms with Crippen LogP contribution in [-0.2, 0) is 6.54 Å². The lowest BCUT2D eigenvalue weighted by atomic mass is 9.82. The molecular weight excluding hydrogens is 314 g/mol. The van der Waals surface area contributed by atoms with E-state index in [1.54, 1.807) is 0 Å². The van der Waals surface area contributed by atoms with E-state index >= 15 is 0 Å². The van der Waals surface area contributed by atoms with Gasteiger partial charge in [-0.1, -0.05) is 103 Å². The second-order valence-corrected chi connectivity index (χ2v) is 6.81. The first kappa shape index (κ1) is 16.8. The van der Waals surface area contributed by atoms with E-state index in [0.717, 1.165) is 26.1 Å². The van der Waals surface area contributed by atoms with Gasteiger partial charge < -0.3 is 0 Å². The lowest BCUT2D eigenvalue weighted by Gasteiger charge is -2.30. The maximum Gasteiger partial charge on any atom is 0.0586 e. The maximum atomic E-state index is 2.52. The van der Waals surface area contributed by atoms with Crippen molar-refractivity contribution in [1.29, 1.82) is 0 Å². The zero-order valence-corrected chi connectivity index (χ0v) is 15.0. The van der Waals surface area contributed by atoms with Crippen molar-refractivity contribution in [3.8, 4) is 0 Å². The molecule has 0 spiro atoms. The van der Waals surface area contributed by atoms with Crippen molar-refractivity contribution in [3.63, 3.8) is 0 Å². The number of benzene rings is 3. The summed E-state index contributed by atoms with van der Waals surface area (Å²) in [4.78, 5) is 2.52. The Morgan fingerprint density at radius 2 is 1.23 bits per heavy atom. The van der Waals surface area contributed by atoms with E-state index in [-0.39, 0.29) is 0 Å². The van der Waals surface area contributed by atoms with E-state index in [0.29, 0.717) is 0 Å². The van der Waals surface area contributed by atoms with Gasteiger partial charge in [0.05, 0.1) is 5.92 Å². The Bertz CT molecular complexity index is 798. The van der Waals surface area contributed by atoms with Crippen LogP contribution in [0.2, 0.25) is 0 Å². The highest BCUT2D eigenvalue weighted by Crippen LogP contribution is 2.34. The maximum absolute atomic E-state index is 2.52. The highest BCUT2D eigenvalue weighted by Gasteiger charge is 2.23. The molecule has 1 aliphatic heterocycles. The Hall–Kier alpha value is -2.64. The van der Waals surface area contributed by atoms with Gasteiger partial charge in [-0.25, -0.2) is 0 Å². The largest absolute Gasteiger partial charge is 0.295 e. The number of hydrogen-bond acceptors (Lipinski definition) is 1. The van der Waals surface area contributed by atoms with Gasteiger partial charge in [0.1, 0.15) is 0 Å². The summed E-state index contributed by atoms with van der Waals surface area (Å²) in [7, 11) is 0. The van der Waals surface area contributed by atoms with Crippen LogP contribution in [0.15, 0.2) is 103 Å². The minimum atomic E-state index is 1.01. The fourth-order valence-electron chi connectivity index (χ4n) is 3.67. The van der Waals surface area contributed by atoms with E-state index in [1.807, 2.05) is 0 Å². The van der Waals surface area contributed by atoms with E-state index in [2.05, 4.69) is 102 Å². The van der Waals surface area contributed by atoms with Crippen molar-refractivity contribution in [3.05, 3.63) is 125 Å². The molecule has 129 valence electrons. The van der Waals surface area contributed by atoms with Crippen molar-refractivity contribution >= 4 is 0 Å². The van der Waals surface area contributed by atoms with Gasteiger partial charge >= 0.3 is 0 Å². The minimum absolute atomic E-state index is 1.01. The summed E-state index contributed by atoms with van der Waals surface area (Å²) in [5, 5.41) is 0. The fourth-order valence-corrected chi connectivity index (χ4v) is 3.67. The Morgan fingerprint density at radius 3 is 1.73 bits per heavy atom. The molecule has 0 unspecified atom stereocenters. The molecule has 0 atom stereocenters. The topological polar surface area (TPSA) is 3.24 Å². The molecule has 0 fully saturated rings. The summed E-state index contributed by atoms with van der Waals surface area (Å²) in [5.74, 6) is 1.38. The molecule has 1 heteroatoms. The van der Waals surface area contributed by atoms with Crippen LogP contribution in [0, 0.1) is 5.92 Å². The third-order valence-corrected chi connectivity index (χ3v) is 4.99. The predicted octanol–water partition coefficient (Wildman–Crippen LogP) is 5.49. The van der Waals surface area contributed by atoms with Gasteiger partial charge in [-0.15, -0.1) is 0 Å². The lowest BCUT2D eigenvalue weighted by molar-refractivity contribution is 0.286. The third kappa shape index (κ3) is 3.95. The monoisotopic (exact) mass is 338 g/mol. The van der Waals surface area contributed by atoms with Crippen LogP contribution < -0.4 is 0 Å². The third-order valence-electron chi connectivity index (χ3n) is 4.99. The first-order valence-corrected chi connectivity index (χ1v) is 9.33. The Morgan fingerprint density at radius 1 is 0.692 bits per heavy atom. The molecule has 1 nitrogen and oxygen atoms in total. The van der Waals surface area contributed by atoms with E-state index in [1.165, 1.54) is 28.2 Å². The number of rotatable bonds is 5. The summed E-state index contributed by atoms with van der Waals surface area (Å²) < 4.78 is 0. The molecule has 0 bridgehead atoms. The van der Waals surface area contributed by atoms with E-state index in [9.17, 15) is 0 Å². The van der Waals surface area contributed by atoms with Crippen molar-refractivity contribution < 1.29 is 0 Å². The molecular formula is C25H24N. The summed E-state index contributed by atoms with van der Waals surface area (Å²) >= 11 is 0. The Kier molecular flexibility index (Phi) is 5.27. The van der Waals surface area contributed by atoms with Crippen molar-refractivity contribution in [2.24, 2.45) is 0 Å². The molecule has 1 radical (unpaired) electrons. The van der Waals surface area contributed by atoms with Gasteiger partial charge in [0, 0.05) is 19.6 Å². The lowest BCUT2D eigenvalue weighted by Crippen LogP contribution is -2.29. The molecule has 0 N–H and O–H groups in total. The van der Waals surface area contributed by atoms with Crippen LogP contribution in [0.4, 0.5) is 0 Å². The SMILES string of the molecule is C1=C([C](c2ccccc2)c2ccccc2)CCN(Cc2ccccc2)C1. The van der Waals surface area contributed by atoms with E-state index in [4.69, 9.17) is 0 Å². The van der Waals surface area contributed by atoms with Gasteiger partial charge in [-0.3, -0.25) is 4.90 Å². The highest BCUT2D eigenvalue weighted by molar-refractivity contribution is 5.56. The van der Waals surface area contributed by atoms with Crippen LogP contribution in [0.25, 0.3) is 0 Å². The average Bonchev–Trinajstić information content (AvgIpc) is 2.72. The Balaban J connectivity index is 1.55. The van der Waals surface area contributed by atoms with Gasteiger partial charge in [0.2, 0.25) is 0 Å². The summed E-state index contributed by atoms with van der Waals surface area (Å²) in [6, 6.07) is 32.3. The fraction of sp³-hybridized carbons (Fsp3) is 0.160. The van der Waals surface area contributed by atoms with Crippen LogP contribution in [0.1, 0.15) is 23.1 Å². The van der Waals surface area contributed by atoms with E-state index < -0.39 is 0 Å². The van der Waals surface area contributed by atoms with Gasteiger partial charge in [0.25, 0.3) is 0 Å². The van der Waals surface area contributed by atoms with Crippen LogP contribution in [0.5, 0.6) is 0 Å². The Labute approximate surface area is 156 Å². The first-order valence-electron chi connectivity index (χ1n) is 9.33.